The van der Waals surface area contributed by atoms with Crippen molar-refractivity contribution in [3.05, 3.63) is 36.0 Å². The Bertz CT molecular complexity index is 859. The molecule has 1 saturated heterocycles. The van der Waals surface area contributed by atoms with Gasteiger partial charge < -0.3 is 9.47 Å². The first-order chi connectivity index (χ1) is 13.7. The summed E-state index contributed by atoms with van der Waals surface area (Å²) in [7, 11) is 3.15. The van der Waals surface area contributed by atoms with Crippen molar-refractivity contribution in [3.8, 4) is 18.1 Å². The third-order valence-corrected chi connectivity index (χ3v) is 5.72. The number of piperidine rings is 1. The lowest BCUT2D eigenvalue weighted by atomic mass is 9.81. The van der Waals surface area contributed by atoms with Crippen molar-refractivity contribution >= 4 is 16.9 Å². The fraction of sp³-hybridized carbons (Fsp3) is 0.478. The molecule has 1 fully saturated rings. The standard InChI is InChI=1S/C23H28N2O3/c1-4-13-25-14-11-18(21(16-25)23(26)28-3)7-5-6-17-10-12-24-22-9-8-19(27-2)15-20(17)22/h1,8-10,12,15,18,21H,5-7,11,13-14,16H2,2-3H3/t18-,21+/m1/s1. The Morgan fingerprint density at radius 1 is 1.36 bits per heavy atom. The lowest BCUT2D eigenvalue weighted by Crippen LogP contribution is -2.44. The van der Waals surface area contributed by atoms with Gasteiger partial charge in [0.2, 0.25) is 0 Å². The molecule has 0 N–H and O–H groups in total. The quantitative estimate of drug-likeness (QED) is 0.545. The van der Waals surface area contributed by atoms with Gasteiger partial charge in [-0.2, -0.15) is 0 Å². The summed E-state index contributed by atoms with van der Waals surface area (Å²) >= 11 is 0. The number of benzene rings is 1. The van der Waals surface area contributed by atoms with Gasteiger partial charge in [-0.05, 0) is 68.0 Å². The Morgan fingerprint density at radius 3 is 2.96 bits per heavy atom. The monoisotopic (exact) mass is 380 g/mol. The largest absolute Gasteiger partial charge is 0.497 e. The van der Waals surface area contributed by atoms with Crippen LogP contribution in [0.15, 0.2) is 30.5 Å². The van der Waals surface area contributed by atoms with Crippen LogP contribution in [0.1, 0.15) is 24.8 Å². The first kappa shape index (κ1) is 20.2. The highest BCUT2D eigenvalue weighted by atomic mass is 16.5. The molecular weight excluding hydrogens is 352 g/mol. The normalized spacial score (nSPS) is 19.9. The molecule has 0 aliphatic carbocycles. The van der Waals surface area contributed by atoms with E-state index in [9.17, 15) is 4.79 Å². The molecule has 2 atom stereocenters. The third kappa shape index (κ3) is 4.63. The molecule has 148 valence electrons. The van der Waals surface area contributed by atoms with Crippen LogP contribution in [0.25, 0.3) is 10.9 Å². The van der Waals surface area contributed by atoms with Crippen LogP contribution in [-0.2, 0) is 16.0 Å². The number of methoxy groups -OCH3 is 2. The molecule has 0 spiro atoms. The van der Waals surface area contributed by atoms with E-state index in [1.165, 1.54) is 12.7 Å². The van der Waals surface area contributed by atoms with Gasteiger partial charge in [-0.3, -0.25) is 14.7 Å². The number of ether oxygens (including phenoxy) is 2. The van der Waals surface area contributed by atoms with Crippen LogP contribution in [0.5, 0.6) is 5.75 Å². The zero-order chi connectivity index (χ0) is 19.9. The van der Waals surface area contributed by atoms with Gasteiger partial charge in [0.1, 0.15) is 5.75 Å². The van der Waals surface area contributed by atoms with Crippen molar-refractivity contribution in [1.82, 2.24) is 9.88 Å². The van der Waals surface area contributed by atoms with Crippen LogP contribution in [0.4, 0.5) is 0 Å². The number of esters is 1. The molecule has 0 amide bonds. The average Bonchev–Trinajstić information content (AvgIpc) is 2.74. The van der Waals surface area contributed by atoms with Gasteiger partial charge in [0.15, 0.2) is 0 Å². The highest BCUT2D eigenvalue weighted by Gasteiger charge is 2.34. The summed E-state index contributed by atoms with van der Waals surface area (Å²) in [6, 6.07) is 8.05. The minimum Gasteiger partial charge on any atom is -0.497 e. The molecule has 0 unspecified atom stereocenters. The first-order valence-corrected chi connectivity index (χ1v) is 9.81. The number of nitrogens with zero attached hydrogens (tertiary/aromatic N) is 2. The van der Waals surface area contributed by atoms with Gasteiger partial charge in [0.05, 0.1) is 32.2 Å². The van der Waals surface area contributed by atoms with E-state index in [4.69, 9.17) is 15.9 Å². The number of terminal acetylenes is 1. The summed E-state index contributed by atoms with van der Waals surface area (Å²) < 4.78 is 10.4. The van der Waals surface area contributed by atoms with E-state index in [-0.39, 0.29) is 11.9 Å². The van der Waals surface area contributed by atoms with Crippen molar-refractivity contribution in [2.75, 3.05) is 33.9 Å². The minimum atomic E-state index is -0.120. The van der Waals surface area contributed by atoms with E-state index in [2.05, 4.69) is 21.9 Å². The topological polar surface area (TPSA) is 51.7 Å². The Kier molecular flexibility index (Phi) is 6.89. The van der Waals surface area contributed by atoms with Gasteiger partial charge in [-0.15, -0.1) is 6.42 Å². The number of aryl methyl sites for hydroxylation is 1. The van der Waals surface area contributed by atoms with Crippen LogP contribution in [0, 0.1) is 24.2 Å². The van der Waals surface area contributed by atoms with E-state index >= 15 is 0 Å². The van der Waals surface area contributed by atoms with Crippen LogP contribution in [-0.4, -0.2) is 49.7 Å². The van der Waals surface area contributed by atoms with Gasteiger partial charge >= 0.3 is 5.97 Å². The second-order valence-corrected chi connectivity index (χ2v) is 7.36. The Hall–Kier alpha value is -2.58. The molecule has 1 aliphatic rings. The van der Waals surface area contributed by atoms with Crippen molar-refractivity contribution in [1.29, 1.82) is 0 Å². The number of likely N-dealkylation sites (tertiary alicyclic amines) is 1. The third-order valence-electron chi connectivity index (χ3n) is 5.72. The second-order valence-electron chi connectivity index (χ2n) is 7.36. The van der Waals surface area contributed by atoms with Crippen LogP contribution >= 0.6 is 0 Å². The Morgan fingerprint density at radius 2 is 2.21 bits per heavy atom. The van der Waals surface area contributed by atoms with Crippen molar-refractivity contribution < 1.29 is 14.3 Å². The molecule has 1 aliphatic heterocycles. The van der Waals surface area contributed by atoms with E-state index in [1.807, 2.05) is 24.4 Å². The SMILES string of the molecule is C#CCN1CC[C@@H](CCCc2ccnc3ccc(OC)cc23)[C@@H](C(=O)OC)C1. The molecule has 2 heterocycles. The lowest BCUT2D eigenvalue weighted by Gasteiger charge is -2.36. The smallest absolute Gasteiger partial charge is 0.310 e. The molecule has 1 aromatic heterocycles. The summed E-state index contributed by atoms with van der Waals surface area (Å²) in [6.45, 7) is 2.22. The molecule has 0 bridgehead atoms. The molecule has 0 saturated carbocycles. The summed E-state index contributed by atoms with van der Waals surface area (Å²) in [6.07, 6.45) is 11.2. The van der Waals surface area contributed by atoms with Crippen LogP contribution in [0.3, 0.4) is 0 Å². The van der Waals surface area contributed by atoms with Gasteiger partial charge in [-0.25, -0.2) is 0 Å². The summed E-state index contributed by atoms with van der Waals surface area (Å²) in [5.41, 5.74) is 2.25. The van der Waals surface area contributed by atoms with Gasteiger partial charge in [0.25, 0.3) is 0 Å². The second kappa shape index (κ2) is 9.57. The predicted molar refractivity (Wildman–Crippen MR) is 110 cm³/mol. The Labute approximate surface area is 167 Å². The van der Waals surface area contributed by atoms with E-state index in [1.54, 1.807) is 7.11 Å². The summed E-state index contributed by atoms with van der Waals surface area (Å²) in [4.78, 5) is 18.9. The number of carbonyl (C=O) groups is 1. The van der Waals surface area contributed by atoms with Crippen LogP contribution in [0.2, 0.25) is 0 Å². The molecule has 0 radical (unpaired) electrons. The molecular formula is C23H28N2O3. The average molecular weight is 380 g/mol. The van der Waals surface area contributed by atoms with E-state index < -0.39 is 0 Å². The number of hydrogen-bond donors (Lipinski definition) is 0. The number of aromatic nitrogens is 1. The molecule has 28 heavy (non-hydrogen) atoms. The fourth-order valence-corrected chi connectivity index (χ4v) is 4.19. The Balaban J connectivity index is 1.66. The minimum absolute atomic E-state index is 0.0959. The highest BCUT2D eigenvalue weighted by Crippen LogP contribution is 2.30. The lowest BCUT2D eigenvalue weighted by molar-refractivity contribution is -0.149. The predicted octanol–water partition coefficient (Wildman–Crippen LogP) is 3.31. The molecule has 5 heteroatoms. The fourth-order valence-electron chi connectivity index (χ4n) is 4.19. The van der Waals surface area contributed by atoms with Crippen molar-refractivity contribution in [3.63, 3.8) is 0 Å². The van der Waals surface area contributed by atoms with E-state index in [0.29, 0.717) is 19.0 Å². The molecule has 1 aromatic carbocycles. The summed E-state index contributed by atoms with van der Waals surface area (Å²) in [5.74, 6) is 3.64. The molecule has 5 nitrogen and oxygen atoms in total. The first-order valence-electron chi connectivity index (χ1n) is 9.81. The van der Waals surface area contributed by atoms with Crippen molar-refractivity contribution in [2.24, 2.45) is 11.8 Å². The van der Waals surface area contributed by atoms with E-state index in [0.717, 1.165) is 48.9 Å². The number of rotatable bonds is 7. The maximum absolute atomic E-state index is 12.3. The number of pyridine rings is 1. The zero-order valence-corrected chi connectivity index (χ0v) is 16.7. The number of hydrogen-bond acceptors (Lipinski definition) is 5. The van der Waals surface area contributed by atoms with Gasteiger partial charge in [-0.1, -0.05) is 5.92 Å². The molecule has 3 rings (SSSR count). The van der Waals surface area contributed by atoms with Crippen LogP contribution < -0.4 is 4.74 Å². The maximum atomic E-state index is 12.3. The maximum Gasteiger partial charge on any atom is 0.310 e. The zero-order valence-electron chi connectivity index (χ0n) is 16.7. The number of carbonyl (C=O) groups excluding carboxylic acids is 1. The van der Waals surface area contributed by atoms with Crippen molar-refractivity contribution in [2.45, 2.75) is 25.7 Å². The van der Waals surface area contributed by atoms with Gasteiger partial charge in [0, 0.05) is 18.1 Å². The molecule has 2 aromatic rings. The highest BCUT2D eigenvalue weighted by molar-refractivity contribution is 5.83. The summed E-state index contributed by atoms with van der Waals surface area (Å²) in [5, 5.41) is 1.13. The number of fused-ring (bicyclic) bond motifs is 1.